The van der Waals surface area contributed by atoms with Crippen LogP contribution in [-0.2, 0) is 34.3 Å². The van der Waals surface area contributed by atoms with Gasteiger partial charge in [-0.3, -0.25) is 0 Å². The van der Waals surface area contributed by atoms with Crippen LogP contribution in [0, 0.1) is 0 Å². The molecule has 2 aliphatic rings. The zero-order valence-electron chi connectivity index (χ0n) is 13.7. The highest BCUT2D eigenvalue weighted by atomic mass is 32.2. The summed E-state index contributed by atoms with van der Waals surface area (Å²) in [5.74, 6) is 0.866. The summed E-state index contributed by atoms with van der Waals surface area (Å²) >= 11 is 0. The molecule has 0 saturated carbocycles. The lowest BCUT2D eigenvalue weighted by atomic mass is 10.1. The molecule has 25 heavy (non-hydrogen) atoms. The minimum atomic E-state index is -3.78. The number of hydrogen-bond acceptors (Lipinski definition) is 6. The van der Waals surface area contributed by atoms with E-state index in [-0.39, 0.29) is 11.5 Å². The largest absolute Gasteiger partial charge is 0.457 e. The Labute approximate surface area is 145 Å². The van der Waals surface area contributed by atoms with Gasteiger partial charge in [-0.1, -0.05) is 13.0 Å². The van der Waals surface area contributed by atoms with Crippen LogP contribution in [-0.4, -0.2) is 29.2 Å². The zero-order valence-corrected chi connectivity index (χ0v) is 14.5. The van der Waals surface area contributed by atoms with Crippen molar-refractivity contribution in [2.24, 2.45) is 0 Å². The predicted molar refractivity (Wildman–Crippen MR) is 87.3 cm³/mol. The molecular formula is C16H18N4O4S. The fraction of sp³-hybridized carbons (Fsp3) is 0.438. The number of nitrogens with zero attached hydrogens (tertiary/aromatic N) is 3. The number of ether oxygens (including phenoxy) is 1. The minimum Gasteiger partial charge on any atom is -0.457 e. The quantitative estimate of drug-likeness (QED) is 0.823. The van der Waals surface area contributed by atoms with Gasteiger partial charge in [-0.25, -0.2) is 27.6 Å². The molecule has 0 amide bonds. The number of fused-ring (bicyclic) bond motifs is 2. The molecule has 4 rings (SSSR count). The average molecular weight is 362 g/mol. The molecular weight excluding hydrogens is 344 g/mol. The number of esters is 1. The van der Waals surface area contributed by atoms with Crippen molar-refractivity contribution in [1.29, 1.82) is 0 Å². The fourth-order valence-electron chi connectivity index (χ4n) is 3.18. The molecule has 1 N–H and O–H groups in total. The number of carbonyl (C=O) groups excluding carboxylic acids is 1. The first-order valence-corrected chi connectivity index (χ1v) is 9.72. The van der Waals surface area contributed by atoms with Gasteiger partial charge in [0.1, 0.15) is 12.4 Å². The number of carbonyl (C=O) groups is 1. The van der Waals surface area contributed by atoms with Gasteiger partial charge in [0.15, 0.2) is 5.82 Å². The molecule has 2 aromatic rings. The second kappa shape index (κ2) is 5.92. The Balaban J connectivity index is 1.64. The molecule has 0 unspecified atom stereocenters. The fourth-order valence-corrected chi connectivity index (χ4v) is 4.43. The van der Waals surface area contributed by atoms with Crippen LogP contribution in [0.1, 0.15) is 53.4 Å². The topological polar surface area (TPSA) is 103 Å². The molecule has 3 heterocycles. The number of benzene rings is 1. The van der Waals surface area contributed by atoms with Crippen molar-refractivity contribution < 1.29 is 17.9 Å². The van der Waals surface area contributed by atoms with Gasteiger partial charge in [-0.15, -0.1) is 0 Å². The highest BCUT2D eigenvalue weighted by Crippen LogP contribution is 2.27. The van der Waals surface area contributed by atoms with E-state index in [1.807, 2.05) is 6.92 Å². The Kier molecular flexibility index (Phi) is 3.84. The second-order valence-electron chi connectivity index (χ2n) is 6.17. The molecule has 0 spiro atoms. The molecule has 8 nitrogen and oxygen atoms in total. The lowest BCUT2D eigenvalue weighted by molar-refractivity contribution is 0.0535. The minimum absolute atomic E-state index is 0.0532. The molecule has 0 saturated heterocycles. The van der Waals surface area contributed by atoms with Crippen LogP contribution in [0.25, 0.3) is 0 Å². The van der Waals surface area contributed by atoms with Crippen LogP contribution in [0.3, 0.4) is 0 Å². The molecule has 132 valence electrons. The molecule has 2 aliphatic heterocycles. The van der Waals surface area contributed by atoms with E-state index in [4.69, 9.17) is 4.74 Å². The first kappa shape index (κ1) is 16.2. The summed E-state index contributed by atoms with van der Waals surface area (Å²) in [4.78, 5) is 16.2. The molecule has 1 aromatic carbocycles. The average Bonchev–Trinajstić information content (AvgIpc) is 3.19. The number of hydrogen-bond donors (Lipinski definition) is 1. The zero-order chi connectivity index (χ0) is 17.6. The summed E-state index contributed by atoms with van der Waals surface area (Å²) < 4.78 is 35.0. The monoisotopic (exact) mass is 362 g/mol. The summed E-state index contributed by atoms with van der Waals surface area (Å²) in [5, 5.41) is 4.39. The van der Waals surface area contributed by atoms with Crippen LogP contribution in [0.15, 0.2) is 23.1 Å². The van der Waals surface area contributed by atoms with Crippen molar-refractivity contribution in [2.45, 2.75) is 50.3 Å². The van der Waals surface area contributed by atoms with E-state index in [0.29, 0.717) is 35.6 Å². The summed E-state index contributed by atoms with van der Waals surface area (Å²) in [6, 6.07) is 4.06. The van der Waals surface area contributed by atoms with Crippen molar-refractivity contribution in [3.05, 3.63) is 41.0 Å². The van der Waals surface area contributed by atoms with Crippen LogP contribution in [0.4, 0.5) is 0 Å². The van der Waals surface area contributed by atoms with E-state index < -0.39 is 22.0 Å². The number of cyclic esters (lactones) is 1. The van der Waals surface area contributed by atoms with E-state index in [1.54, 1.807) is 10.7 Å². The van der Waals surface area contributed by atoms with Crippen LogP contribution in [0.5, 0.6) is 0 Å². The number of rotatable bonds is 4. The van der Waals surface area contributed by atoms with Crippen molar-refractivity contribution in [3.63, 3.8) is 0 Å². The third-order valence-corrected chi connectivity index (χ3v) is 5.97. The number of sulfonamides is 1. The highest BCUT2D eigenvalue weighted by Gasteiger charge is 2.30. The summed E-state index contributed by atoms with van der Waals surface area (Å²) in [6.45, 7) is 2.89. The maximum absolute atomic E-state index is 12.8. The summed E-state index contributed by atoms with van der Waals surface area (Å²) in [6.07, 6.45) is 2.18. The first-order valence-electron chi connectivity index (χ1n) is 8.24. The normalized spacial score (nSPS) is 19.4. The molecule has 0 aliphatic carbocycles. The molecule has 1 atom stereocenters. The van der Waals surface area contributed by atoms with E-state index in [9.17, 15) is 13.2 Å². The standard InChI is InChI=1S/C16H18N4O4S/c1-2-14-17-15-13(4-3-7-20(15)18-14)19-25(22,23)11-6-5-10-9-24-16(21)12(10)8-11/h5-6,8,13,19H,2-4,7,9H2,1H3/t13-/m0/s1. The van der Waals surface area contributed by atoms with Crippen LogP contribution >= 0.6 is 0 Å². The number of aromatic nitrogens is 3. The van der Waals surface area contributed by atoms with Crippen LogP contribution < -0.4 is 4.72 Å². The molecule has 0 bridgehead atoms. The van der Waals surface area contributed by atoms with Crippen molar-refractivity contribution in [2.75, 3.05) is 0 Å². The van der Waals surface area contributed by atoms with E-state index >= 15 is 0 Å². The summed E-state index contributed by atoms with van der Waals surface area (Å²) in [7, 11) is -3.78. The van der Waals surface area contributed by atoms with Crippen molar-refractivity contribution >= 4 is 16.0 Å². The van der Waals surface area contributed by atoms with Gasteiger partial charge in [-0.2, -0.15) is 5.10 Å². The van der Waals surface area contributed by atoms with Gasteiger partial charge in [0.25, 0.3) is 0 Å². The van der Waals surface area contributed by atoms with Gasteiger partial charge >= 0.3 is 5.97 Å². The van der Waals surface area contributed by atoms with Gasteiger partial charge in [0.05, 0.1) is 16.5 Å². The van der Waals surface area contributed by atoms with E-state index in [2.05, 4.69) is 14.8 Å². The Morgan fingerprint density at radius 2 is 2.24 bits per heavy atom. The van der Waals surface area contributed by atoms with Crippen LogP contribution in [0.2, 0.25) is 0 Å². The van der Waals surface area contributed by atoms with Crippen molar-refractivity contribution in [1.82, 2.24) is 19.5 Å². The first-order chi connectivity index (χ1) is 12.0. The lowest BCUT2D eigenvalue weighted by Crippen LogP contribution is -2.33. The maximum Gasteiger partial charge on any atom is 0.338 e. The highest BCUT2D eigenvalue weighted by molar-refractivity contribution is 7.89. The SMILES string of the molecule is CCc1nc2n(n1)CCC[C@@H]2NS(=O)(=O)c1ccc2c(c1)C(=O)OC2. The molecule has 0 radical (unpaired) electrons. The second-order valence-corrected chi connectivity index (χ2v) is 7.89. The molecule has 9 heteroatoms. The summed E-state index contributed by atoms with van der Waals surface area (Å²) in [5.41, 5.74) is 1.01. The number of aryl methyl sites for hydroxylation is 2. The third kappa shape index (κ3) is 2.83. The number of nitrogens with one attached hydrogen (secondary N) is 1. The third-order valence-electron chi connectivity index (χ3n) is 4.50. The Bertz CT molecular complexity index is 951. The van der Waals surface area contributed by atoms with Gasteiger partial charge in [-0.05, 0) is 25.0 Å². The molecule has 0 fully saturated rings. The van der Waals surface area contributed by atoms with Gasteiger partial charge in [0.2, 0.25) is 10.0 Å². The maximum atomic E-state index is 12.8. The Hall–Kier alpha value is -2.26. The lowest BCUT2D eigenvalue weighted by Gasteiger charge is -2.23. The van der Waals surface area contributed by atoms with E-state index in [1.165, 1.54) is 12.1 Å². The predicted octanol–water partition coefficient (Wildman–Crippen LogP) is 1.32. The van der Waals surface area contributed by atoms with Crippen molar-refractivity contribution in [3.8, 4) is 0 Å². The Morgan fingerprint density at radius 1 is 1.40 bits per heavy atom. The molecule has 1 aromatic heterocycles. The van der Waals surface area contributed by atoms with Gasteiger partial charge in [0, 0.05) is 18.5 Å². The smallest absolute Gasteiger partial charge is 0.338 e. The van der Waals surface area contributed by atoms with E-state index in [0.717, 1.165) is 13.0 Å². The van der Waals surface area contributed by atoms with Gasteiger partial charge < -0.3 is 4.74 Å². The Morgan fingerprint density at radius 3 is 3.04 bits per heavy atom.